The first-order valence-corrected chi connectivity index (χ1v) is 5.80. The van der Waals surface area contributed by atoms with Crippen LogP contribution in [0, 0.1) is 12.3 Å². The van der Waals surface area contributed by atoms with Crippen LogP contribution in [0.2, 0.25) is 0 Å². The van der Waals surface area contributed by atoms with Crippen molar-refractivity contribution in [3.8, 4) is 5.75 Å². The lowest BCUT2D eigenvalue weighted by Gasteiger charge is -2.24. The minimum absolute atomic E-state index is 0.140. The van der Waals surface area contributed by atoms with E-state index in [9.17, 15) is 0 Å². The fourth-order valence-corrected chi connectivity index (χ4v) is 1.33. The predicted octanol–water partition coefficient (Wildman–Crippen LogP) is 2.40. The lowest BCUT2D eigenvalue weighted by molar-refractivity contribution is 0.176. The van der Waals surface area contributed by atoms with Gasteiger partial charge in [-0.15, -0.1) is 0 Å². The van der Waals surface area contributed by atoms with Gasteiger partial charge in [0.05, 0.1) is 12.8 Å². The van der Waals surface area contributed by atoms with E-state index in [0.29, 0.717) is 6.61 Å². The molecule has 90 valence electrons. The molecule has 0 bridgehead atoms. The van der Waals surface area contributed by atoms with E-state index in [4.69, 9.17) is 4.74 Å². The number of pyridine rings is 1. The molecule has 3 nitrogen and oxygen atoms in total. The molecule has 0 amide bonds. The Morgan fingerprint density at radius 2 is 2.12 bits per heavy atom. The Morgan fingerprint density at radius 3 is 2.69 bits per heavy atom. The van der Waals surface area contributed by atoms with Gasteiger partial charge in [0.1, 0.15) is 5.75 Å². The Bertz CT molecular complexity index is 306. The topological polar surface area (TPSA) is 34.1 Å². The van der Waals surface area contributed by atoms with Crippen molar-refractivity contribution in [2.75, 3.05) is 19.7 Å². The third-order valence-corrected chi connectivity index (χ3v) is 2.37. The zero-order chi connectivity index (χ0) is 12.0. The molecule has 0 aliphatic rings. The van der Waals surface area contributed by atoms with Crippen molar-refractivity contribution in [1.82, 2.24) is 10.3 Å². The van der Waals surface area contributed by atoms with Crippen molar-refractivity contribution in [2.45, 2.75) is 27.7 Å². The van der Waals surface area contributed by atoms with Crippen LogP contribution in [0.4, 0.5) is 0 Å². The minimum Gasteiger partial charge on any atom is -0.491 e. The van der Waals surface area contributed by atoms with E-state index < -0.39 is 0 Å². The van der Waals surface area contributed by atoms with Crippen LogP contribution < -0.4 is 10.1 Å². The van der Waals surface area contributed by atoms with Crippen LogP contribution in [-0.2, 0) is 0 Å². The van der Waals surface area contributed by atoms with Gasteiger partial charge in [-0.3, -0.25) is 4.98 Å². The van der Waals surface area contributed by atoms with Crippen molar-refractivity contribution in [3.05, 3.63) is 24.0 Å². The number of hydrogen-bond acceptors (Lipinski definition) is 3. The van der Waals surface area contributed by atoms with E-state index >= 15 is 0 Å². The SMILES string of the molecule is CCNCC(C)(C)COc1ccc(C)nc1. The molecular weight excluding hydrogens is 200 g/mol. The normalized spacial score (nSPS) is 11.5. The molecule has 1 aromatic rings. The first-order valence-electron chi connectivity index (χ1n) is 5.80. The van der Waals surface area contributed by atoms with Gasteiger partial charge in [-0.1, -0.05) is 20.8 Å². The molecule has 0 radical (unpaired) electrons. The van der Waals surface area contributed by atoms with Gasteiger partial charge >= 0.3 is 0 Å². The second kappa shape index (κ2) is 5.85. The van der Waals surface area contributed by atoms with E-state index in [1.165, 1.54) is 0 Å². The zero-order valence-corrected chi connectivity index (χ0v) is 10.7. The molecule has 1 N–H and O–H groups in total. The van der Waals surface area contributed by atoms with E-state index in [2.05, 4.69) is 31.1 Å². The molecule has 3 heteroatoms. The first-order chi connectivity index (χ1) is 7.53. The summed E-state index contributed by atoms with van der Waals surface area (Å²) in [4.78, 5) is 4.20. The highest BCUT2D eigenvalue weighted by atomic mass is 16.5. The average molecular weight is 222 g/mol. The minimum atomic E-state index is 0.140. The van der Waals surface area contributed by atoms with Gasteiger partial charge < -0.3 is 10.1 Å². The van der Waals surface area contributed by atoms with Crippen LogP contribution in [0.15, 0.2) is 18.3 Å². The number of rotatable bonds is 6. The summed E-state index contributed by atoms with van der Waals surface area (Å²) in [6.07, 6.45) is 1.78. The molecule has 0 fully saturated rings. The summed E-state index contributed by atoms with van der Waals surface area (Å²) >= 11 is 0. The largest absolute Gasteiger partial charge is 0.491 e. The Labute approximate surface area is 98.2 Å². The highest BCUT2D eigenvalue weighted by Gasteiger charge is 2.18. The number of hydrogen-bond donors (Lipinski definition) is 1. The molecule has 1 aromatic heterocycles. The first kappa shape index (κ1) is 13.0. The Morgan fingerprint density at radius 1 is 1.38 bits per heavy atom. The van der Waals surface area contributed by atoms with Crippen molar-refractivity contribution in [2.24, 2.45) is 5.41 Å². The van der Waals surface area contributed by atoms with E-state index in [0.717, 1.165) is 24.5 Å². The maximum Gasteiger partial charge on any atom is 0.137 e. The molecule has 1 heterocycles. The van der Waals surface area contributed by atoms with Crippen molar-refractivity contribution in [3.63, 3.8) is 0 Å². The summed E-state index contributed by atoms with van der Waals surface area (Å²) in [5, 5.41) is 3.34. The summed E-state index contributed by atoms with van der Waals surface area (Å²) in [6, 6.07) is 3.93. The van der Waals surface area contributed by atoms with Crippen LogP contribution in [0.3, 0.4) is 0 Å². The molecule has 1 rings (SSSR count). The maximum atomic E-state index is 5.72. The molecule has 0 unspecified atom stereocenters. The van der Waals surface area contributed by atoms with Gasteiger partial charge in [0, 0.05) is 17.7 Å². The summed E-state index contributed by atoms with van der Waals surface area (Å²) in [5.41, 5.74) is 1.15. The number of nitrogens with zero attached hydrogens (tertiary/aromatic N) is 1. The van der Waals surface area contributed by atoms with E-state index in [1.807, 2.05) is 19.1 Å². The molecular formula is C13H22N2O. The average Bonchev–Trinajstić information content (AvgIpc) is 2.26. The second-order valence-corrected chi connectivity index (χ2v) is 4.87. The lowest BCUT2D eigenvalue weighted by Crippen LogP contribution is -2.34. The van der Waals surface area contributed by atoms with Crippen molar-refractivity contribution >= 4 is 0 Å². The molecule has 0 atom stereocenters. The summed E-state index contributed by atoms with van der Waals surface area (Å²) in [5.74, 6) is 0.843. The highest BCUT2D eigenvalue weighted by molar-refractivity contribution is 5.19. The quantitative estimate of drug-likeness (QED) is 0.802. The predicted molar refractivity (Wildman–Crippen MR) is 66.8 cm³/mol. The van der Waals surface area contributed by atoms with E-state index in [1.54, 1.807) is 6.20 Å². The standard InChI is InChI=1S/C13H22N2O/c1-5-14-9-13(3,4)10-16-12-7-6-11(2)15-8-12/h6-8,14H,5,9-10H2,1-4H3. The molecule has 0 saturated carbocycles. The van der Waals surface area contributed by atoms with Gasteiger partial charge in [-0.25, -0.2) is 0 Å². The fourth-order valence-electron chi connectivity index (χ4n) is 1.33. The van der Waals surface area contributed by atoms with Crippen LogP contribution in [0.1, 0.15) is 26.5 Å². The van der Waals surface area contributed by atoms with E-state index in [-0.39, 0.29) is 5.41 Å². The third-order valence-electron chi connectivity index (χ3n) is 2.37. The van der Waals surface area contributed by atoms with Gasteiger partial charge in [0.2, 0.25) is 0 Å². The van der Waals surface area contributed by atoms with Crippen molar-refractivity contribution in [1.29, 1.82) is 0 Å². The van der Waals surface area contributed by atoms with Crippen molar-refractivity contribution < 1.29 is 4.74 Å². The number of aryl methyl sites for hydroxylation is 1. The number of aromatic nitrogens is 1. The molecule has 0 spiro atoms. The molecule has 0 aliphatic heterocycles. The van der Waals surface area contributed by atoms with Crippen LogP contribution in [0.5, 0.6) is 5.75 Å². The molecule has 0 saturated heterocycles. The number of nitrogens with one attached hydrogen (secondary N) is 1. The third kappa shape index (κ3) is 4.62. The van der Waals surface area contributed by atoms with Gasteiger partial charge in [0.15, 0.2) is 0 Å². The van der Waals surface area contributed by atoms with Crippen LogP contribution >= 0.6 is 0 Å². The van der Waals surface area contributed by atoms with Gasteiger partial charge in [-0.2, -0.15) is 0 Å². The lowest BCUT2D eigenvalue weighted by atomic mass is 9.95. The zero-order valence-electron chi connectivity index (χ0n) is 10.7. The smallest absolute Gasteiger partial charge is 0.137 e. The van der Waals surface area contributed by atoms with Gasteiger partial charge in [0.25, 0.3) is 0 Å². The summed E-state index contributed by atoms with van der Waals surface area (Å²) < 4.78 is 5.72. The molecule has 0 aliphatic carbocycles. The Kier molecular flexibility index (Phi) is 4.74. The summed E-state index contributed by atoms with van der Waals surface area (Å²) in [6.45, 7) is 11.1. The monoisotopic (exact) mass is 222 g/mol. The Balaban J connectivity index is 2.41. The summed E-state index contributed by atoms with van der Waals surface area (Å²) in [7, 11) is 0. The molecule has 16 heavy (non-hydrogen) atoms. The number of ether oxygens (including phenoxy) is 1. The van der Waals surface area contributed by atoms with Gasteiger partial charge in [-0.05, 0) is 25.6 Å². The maximum absolute atomic E-state index is 5.72. The fraction of sp³-hybridized carbons (Fsp3) is 0.615. The van der Waals surface area contributed by atoms with Crippen LogP contribution in [-0.4, -0.2) is 24.7 Å². The second-order valence-electron chi connectivity index (χ2n) is 4.87. The molecule has 0 aromatic carbocycles. The van der Waals surface area contributed by atoms with Crippen LogP contribution in [0.25, 0.3) is 0 Å². The highest BCUT2D eigenvalue weighted by Crippen LogP contribution is 2.17. The Hall–Kier alpha value is -1.09.